The van der Waals surface area contributed by atoms with E-state index in [1.54, 1.807) is 0 Å². The van der Waals surface area contributed by atoms with Gasteiger partial charge in [-0.15, -0.1) is 12.3 Å². The SMILES string of the molecule is C#CC(C)CC(/C=C/c1ccccc1)C1C(C)(C)C1(C)C. The summed E-state index contributed by atoms with van der Waals surface area (Å²) in [4.78, 5) is 0. The second kappa shape index (κ2) is 5.72. The highest BCUT2D eigenvalue weighted by Crippen LogP contribution is 2.72. The smallest absolute Gasteiger partial charge is 0.0177 e. The maximum atomic E-state index is 5.61. The number of allylic oxidation sites excluding steroid dienone is 1. The third-order valence-electron chi connectivity index (χ3n) is 5.81. The fraction of sp³-hybridized carbons (Fsp3) is 0.524. The van der Waals surface area contributed by atoms with Crippen molar-refractivity contribution in [2.24, 2.45) is 28.6 Å². The standard InChI is InChI=1S/C21H28/c1-7-16(2)15-18(19-20(3,4)21(19,5)6)14-13-17-11-9-8-10-12-17/h1,8-14,16,18-19H,15H2,2-6H3/b14-13+. The molecule has 21 heavy (non-hydrogen) atoms. The molecule has 2 atom stereocenters. The first-order valence-electron chi connectivity index (χ1n) is 8.00. The van der Waals surface area contributed by atoms with Crippen LogP contribution in [0.1, 0.15) is 46.6 Å². The van der Waals surface area contributed by atoms with E-state index in [1.165, 1.54) is 5.56 Å². The molecular weight excluding hydrogens is 252 g/mol. The first kappa shape index (κ1) is 15.9. The minimum absolute atomic E-state index is 0.336. The summed E-state index contributed by atoms with van der Waals surface area (Å²) in [5.74, 6) is 4.50. The first-order chi connectivity index (χ1) is 9.80. The van der Waals surface area contributed by atoms with Crippen LogP contribution in [-0.2, 0) is 0 Å². The molecule has 1 aromatic carbocycles. The molecule has 0 saturated heterocycles. The van der Waals surface area contributed by atoms with Gasteiger partial charge in [-0.05, 0) is 34.7 Å². The average Bonchev–Trinajstić information content (AvgIpc) is 2.86. The summed E-state index contributed by atoms with van der Waals surface area (Å²) < 4.78 is 0. The molecule has 0 amide bonds. The number of benzene rings is 1. The van der Waals surface area contributed by atoms with Crippen molar-refractivity contribution in [1.29, 1.82) is 0 Å². The third kappa shape index (κ3) is 3.08. The predicted octanol–water partition coefficient (Wildman–Crippen LogP) is 5.66. The van der Waals surface area contributed by atoms with Crippen LogP contribution in [0.2, 0.25) is 0 Å². The van der Waals surface area contributed by atoms with Gasteiger partial charge in [0.25, 0.3) is 0 Å². The first-order valence-corrected chi connectivity index (χ1v) is 8.00. The Labute approximate surface area is 130 Å². The zero-order valence-corrected chi connectivity index (χ0v) is 14.1. The lowest BCUT2D eigenvalue weighted by Gasteiger charge is -2.17. The van der Waals surface area contributed by atoms with Crippen LogP contribution in [0.4, 0.5) is 0 Å². The molecule has 112 valence electrons. The molecule has 1 aliphatic rings. The van der Waals surface area contributed by atoms with Gasteiger partial charge in [-0.3, -0.25) is 0 Å². The fourth-order valence-electron chi connectivity index (χ4n) is 3.92. The quantitative estimate of drug-likeness (QED) is 0.611. The maximum Gasteiger partial charge on any atom is 0.0177 e. The van der Waals surface area contributed by atoms with Crippen molar-refractivity contribution in [2.75, 3.05) is 0 Å². The molecule has 0 N–H and O–H groups in total. The number of rotatable bonds is 5. The van der Waals surface area contributed by atoms with Crippen LogP contribution >= 0.6 is 0 Å². The Hall–Kier alpha value is -1.48. The Bertz CT molecular complexity index is 525. The minimum Gasteiger partial charge on any atom is -0.120 e. The molecule has 0 radical (unpaired) electrons. The van der Waals surface area contributed by atoms with Gasteiger partial charge < -0.3 is 0 Å². The third-order valence-corrected chi connectivity index (χ3v) is 5.81. The molecule has 1 fully saturated rings. The Morgan fingerprint density at radius 2 is 1.71 bits per heavy atom. The van der Waals surface area contributed by atoms with Gasteiger partial charge in [-0.1, -0.05) is 77.1 Å². The lowest BCUT2D eigenvalue weighted by molar-refractivity contribution is 0.402. The van der Waals surface area contributed by atoms with Crippen molar-refractivity contribution in [1.82, 2.24) is 0 Å². The second-order valence-electron chi connectivity index (χ2n) is 7.66. The molecule has 0 heteroatoms. The van der Waals surface area contributed by atoms with Crippen molar-refractivity contribution in [3.63, 3.8) is 0 Å². The van der Waals surface area contributed by atoms with E-state index in [0.29, 0.717) is 28.6 Å². The summed E-state index contributed by atoms with van der Waals surface area (Å²) in [6.45, 7) is 11.7. The summed E-state index contributed by atoms with van der Waals surface area (Å²) in [7, 11) is 0. The normalized spacial score (nSPS) is 22.7. The molecule has 2 rings (SSSR count). The summed E-state index contributed by atoms with van der Waals surface area (Å²) in [5.41, 5.74) is 2.06. The summed E-state index contributed by atoms with van der Waals surface area (Å²) in [6.07, 6.45) is 11.3. The van der Waals surface area contributed by atoms with Crippen LogP contribution in [0.5, 0.6) is 0 Å². The van der Waals surface area contributed by atoms with Gasteiger partial charge in [0.2, 0.25) is 0 Å². The van der Waals surface area contributed by atoms with E-state index in [4.69, 9.17) is 6.42 Å². The average molecular weight is 280 g/mol. The number of hydrogen-bond acceptors (Lipinski definition) is 0. The molecule has 2 unspecified atom stereocenters. The molecule has 0 aliphatic heterocycles. The van der Waals surface area contributed by atoms with E-state index in [0.717, 1.165) is 6.42 Å². The van der Waals surface area contributed by atoms with E-state index in [1.807, 2.05) is 0 Å². The highest BCUT2D eigenvalue weighted by Gasteiger charge is 2.66. The number of terminal acetylenes is 1. The van der Waals surface area contributed by atoms with Crippen LogP contribution in [0.25, 0.3) is 6.08 Å². The van der Waals surface area contributed by atoms with Crippen molar-refractivity contribution >= 4 is 6.08 Å². The topological polar surface area (TPSA) is 0 Å². The molecule has 1 aromatic rings. The van der Waals surface area contributed by atoms with E-state index in [2.05, 4.69) is 83.0 Å². The van der Waals surface area contributed by atoms with E-state index in [-0.39, 0.29) is 0 Å². The molecule has 0 bridgehead atoms. The Morgan fingerprint density at radius 1 is 1.14 bits per heavy atom. The fourth-order valence-corrected chi connectivity index (χ4v) is 3.92. The zero-order chi connectivity index (χ0) is 15.7. The van der Waals surface area contributed by atoms with Crippen LogP contribution in [0, 0.1) is 40.9 Å². The van der Waals surface area contributed by atoms with Gasteiger partial charge in [0.1, 0.15) is 0 Å². The lowest BCUT2D eigenvalue weighted by atomic mass is 9.87. The van der Waals surface area contributed by atoms with Crippen molar-refractivity contribution < 1.29 is 0 Å². The van der Waals surface area contributed by atoms with Crippen LogP contribution < -0.4 is 0 Å². The molecular formula is C21H28. The van der Waals surface area contributed by atoms with Gasteiger partial charge in [-0.25, -0.2) is 0 Å². The molecule has 0 nitrogen and oxygen atoms in total. The maximum absolute atomic E-state index is 5.61. The molecule has 0 spiro atoms. The van der Waals surface area contributed by atoms with Gasteiger partial charge in [0, 0.05) is 5.92 Å². The Morgan fingerprint density at radius 3 is 2.19 bits per heavy atom. The van der Waals surface area contributed by atoms with Gasteiger partial charge in [-0.2, -0.15) is 0 Å². The zero-order valence-electron chi connectivity index (χ0n) is 14.1. The highest BCUT2D eigenvalue weighted by atomic mass is 14.7. The van der Waals surface area contributed by atoms with Crippen molar-refractivity contribution in [3.05, 3.63) is 42.0 Å². The molecule has 0 heterocycles. The molecule has 1 aliphatic carbocycles. The van der Waals surface area contributed by atoms with Crippen molar-refractivity contribution in [2.45, 2.75) is 41.0 Å². The largest absolute Gasteiger partial charge is 0.120 e. The van der Waals surface area contributed by atoms with Crippen LogP contribution in [0.15, 0.2) is 36.4 Å². The number of hydrogen-bond donors (Lipinski definition) is 0. The van der Waals surface area contributed by atoms with E-state index < -0.39 is 0 Å². The highest BCUT2D eigenvalue weighted by molar-refractivity contribution is 5.49. The Kier molecular flexibility index (Phi) is 4.33. The minimum atomic E-state index is 0.336. The van der Waals surface area contributed by atoms with Gasteiger partial charge >= 0.3 is 0 Å². The van der Waals surface area contributed by atoms with E-state index in [9.17, 15) is 0 Å². The monoisotopic (exact) mass is 280 g/mol. The van der Waals surface area contributed by atoms with E-state index >= 15 is 0 Å². The Balaban J connectivity index is 2.19. The van der Waals surface area contributed by atoms with Crippen LogP contribution in [-0.4, -0.2) is 0 Å². The molecule has 1 saturated carbocycles. The summed E-state index contributed by atoms with van der Waals surface area (Å²) >= 11 is 0. The summed E-state index contributed by atoms with van der Waals surface area (Å²) in [6, 6.07) is 10.5. The van der Waals surface area contributed by atoms with Gasteiger partial charge in [0.05, 0.1) is 0 Å². The summed E-state index contributed by atoms with van der Waals surface area (Å²) in [5, 5.41) is 0. The predicted molar refractivity (Wildman–Crippen MR) is 92.6 cm³/mol. The molecule has 0 aromatic heterocycles. The van der Waals surface area contributed by atoms with Crippen LogP contribution in [0.3, 0.4) is 0 Å². The second-order valence-corrected chi connectivity index (χ2v) is 7.66. The lowest BCUT2D eigenvalue weighted by Crippen LogP contribution is -2.09. The van der Waals surface area contributed by atoms with Gasteiger partial charge in [0.15, 0.2) is 0 Å². The van der Waals surface area contributed by atoms with Crippen molar-refractivity contribution in [3.8, 4) is 12.3 Å².